The highest BCUT2D eigenvalue weighted by Gasteiger charge is 2.26. The summed E-state index contributed by atoms with van der Waals surface area (Å²) in [6, 6.07) is 1.59. The second-order valence-corrected chi connectivity index (χ2v) is 4.52. The second kappa shape index (κ2) is 5.64. The van der Waals surface area contributed by atoms with E-state index < -0.39 is 11.7 Å². The van der Waals surface area contributed by atoms with E-state index in [-0.39, 0.29) is 18.4 Å². The lowest BCUT2D eigenvalue weighted by molar-refractivity contribution is -0.145. The van der Waals surface area contributed by atoms with Crippen LogP contribution in [0.2, 0.25) is 0 Å². The molecule has 1 aliphatic heterocycles. The number of carboxylic acid groups (broad SMARTS) is 1. The van der Waals surface area contributed by atoms with E-state index >= 15 is 0 Å². The van der Waals surface area contributed by atoms with Crippen LogP contribution in [-0.4, -0.2) is 44.5 Å². The number of rotatable bonds is 3. The molecule has 1 fully saturated rings. The van der Waals surface area contributed by atoms with Gasteiger partial charge < -0.3 is 10.0 Å². The van der Waals surface area contributed by atoms with Crippen molar-refractivity contribution in [1.82, 2.24) is 14.5 Å². The van der Waals surface area contributed by atoms with Crippen LogP contribution >= 0.6 is 0 Å². The minimum atomic E-state index is -0.810. The molecule has 0 spiro atoms. The zero-order chi connectivity index (χ0) is 13.8. The molecule has 1 aliphatic rings. The van der Waals surface area contributed by atoms with Gasteiger partial charge in [0.1, 0.15) is 6.54 Å². The van der Waals surface area contributed by atoms with Gasteiger partial charge in [0, 0.05) is 25.5 Å². The van der Waals surface area contributed by atoms with Crippen molar-refractivity contribution < 1.29 is 14.7 Å². The average molecular weight is 265 g/mol. The Bertz CT molecular complexity index is 532. The Labute approximate surface area is 109 Å². The van der Waals surface area contributed by atoms with Crippen LogP contribution in [-0.2, 0) is 16.1 Å². The Hall–Kier alpha value is -2.18. The highest BCUT2D eigenvalue weighted by atomic mass is 16.4. The molecule has 0 saturated carbocycles. The molecule has 0 atom stereocenters. The van der Waals surface area contributed by atoms with E-state index in [9.17, 15) is 14.4 Å². The number of nitrogens with zero attached hydrogens (tertiary/aromatic N) is 3. The first-order chi connectivity index (χ1) is 9.08. The van der Waals surface area contributed by atoms with Gasteiger partial charge in [-0.25, -0.2) is 9.78 Å². The van der Waals surface area contributed by atoms with Gasteiger partial charge in [0.25, 0.3) is 0 Å². The summed E-state index contributed by atoms with van der Waals surface area (Å²) >= 11 is 0. The first kappa shape index (κ1) is 13.3. The number of carboxylic acids is 1. The van der Waals surface area contributed by atoms with Crippen molar-refractivity contribution in [2.24, 2.45) is 5.92 Å². The van der Waals surface area contributed by atoms with Crippen molar-refractivity contribution in [3.05, 3.63) is 28.9 Å². The van der Waals surface area contributed by atoms with Crippen molar-refractivity contribution in [2.45, 2.75) is 19.4 Å². The highest BCUT2D eigenvalue weighted by Crippen LogP contribution is 2.17. The maximum atomic E-state index is 12.0. The smallest absolute Gasteiger partial charge is 0.347 e. The molecule has 102 valence electrons. The number of hydrogen-bond acceptors (Lipinski definition) is 4. The van der Waals surface area contributed by atoms with Crippen molar-refractivity contribution in [1.29, 1.82) is 0 Å². The van der Waals surface area contributed by atoms with Gasteiger partial charge in [0.2, 0.25) is 5.91 Å². The standard InChI is InChI=1S/C12H15N3O4/c16-10(8-15-5-1-4-13-12(15)19)14-6-2-9(3-7-14)11(17)18/h1,4-5,9H,2-3,6-8H2,(H,17,18). The summed E-state index contributed by atoms with van der Waals surface area (Å²) in [6.45, 7) is 0.792. The number of aliphatic carboxylic acids is 1. The van der Waals surface area contributed by atoms with Crippen LogP contribution in [0.3, 0.4) is 0 Å². The molecule has 2 heterocycles. The molecule has 19 heavy (non-hydrogen) atoms. The quantitative estimate of drug-likeness (QED) is 0.800. The maximum Gasteiger partial charge on any atom is 0.347 e. The molecule has 0 unspecified atom stereocenters. The van der Waals surface area contributed by atoms with Gasteiger partial charge in [-0.3, -0.25) is 14.2 Å². The lowest BCUT2D eigenvalue weighted by atomic mass is 9.97. The molecule has 7 heteroatoms. The fourth-order valence-corrected chi connectivity index (χ4v) is 2.13. The molecule has 0 aromatic carbocycles. The van der Waals surface area contributed by atoms with E-state index in [4.69, 9.17) is 5.11 Å². The van der Waals surface area contributed by atoms with Crippen molar-refractivity contribution in [3.63, 3.8) is 0 Å². The van der Waals surface area contributed by atoms with Crippen LogP contribution in [0.15, 0.2) is 23.3 Å². The molecule has 0 bridgehead atoms. The van der Waals surface area contributed by atoms with E-state index in [1.165, 1.54) is 17.0 Å². The second-order valence-electron chi connectivity index (χ2n) is 4.52. The van der Waals surface area contributed by atoms with E-state index in [0.717, 1.165) is 0 Å². The predicted octanol–water partition coefficient (Wildman–Crippen LogP) is -0.434. The number of carbonyl (C=O) groups excluding carboxylic acids is 1. The van der Waals surface area contributed by atoms with E-state index in [1.807, 2.05) is 0 Å². The van der Waals surface area contributed by atoms with Crippen LogP contribution in [0, 0.1) is 5.92 Å². The third-order valence-electron chi connectivity index (χ3n) is 3.29. The van der Waals surface area contributed by atoms with Crippen molar-refractivity contribution in [3.8, 4) is 0 Å². The van der Waals surface area contributed by atoms with E-state index in [0.29, 0.717) is 25.9 Å². The maximum absolute atomic E-state index is 12.0. The van der Waals surface area contributed by atoms with Gasteiger partial charge in [-0.15, -0.1) is 0 Å². The summed E-state index contributed by atoms with van der Waals surface area (Å²) in [4.78, 5) is 39.3. The molecule has 1 N–H and O–H groups in total. The Balaban J connectivity index is 1.94. The molecule has 2 rings (SSSR count). The van der Waals surface area contributed by atoms with Gasteiger partial charge in [-0.05, 0) is 18.9 Å². The summed E-state index contributed by atoms with van der Waals surface area (Å²) in [5.74, 6) is -1.36. The summed E-state index contributed by atoms with van der Waals surface area (Å²) < 4.78 is 1.24. The predicted molar refractivity (Wildman–Crippen MR) is 65.4 cm³/mol. The lowest BCUT2D eigenvalue weighted by Crippen LogP contribution is -2.42. The Kier molecular flexibility index (Phi) is 3.94. The topological polar surface area (TPSA) is 92.5 Å². The van der Waals surface area contributed by atoms with Crippen molar-refractivity contribution in [2.75, 3.05) is 13.1 Å². The van der Waals surface area contributed by atoms with Gasteiger partial charge in [-0.1, -0.05) is 0 Å². The van der Waals surface area contributed by atoms with E-state index in [2.05, 4.69) is 4.98 Å². The van der Waals surface area contributed by atoms with Gasteiger partial charge in [0.15, 0.2) is 0 Å². The van der Waals surface area contributed by atoms with Crippen LogP contribution in [0.1, 0.15) is 12.8 Å². The molecule has 7 nitrogen and oxygen atoms in total. The Morgan fingerprint density at radius 3 is 2.63 bits per heavy atom. The van der Waals surface area contributed by atoms with Crippen molar-refractivity contribution >= 4 is 11.9 Å². The normalized spacial score (nSPS) is 16.3. The first-order valence-electron chi connectivity index (χ1n) is 6.10. The summed E-state index contributed by atoms with van der Waals surface area (Å²) in [6.07, 6.45) is 3.81. The molecular formula is C12H15N3O4. The van der Waals surface area contributed by atoms with E-state index in [1.54, 1.807) is 11.0 Å². The monoisotopic (exact) mass is 265 g/mol. The molecule has 1 aromatic heterocycles. The Morgan fingerprint density at radius 2 is 2.05 bits per heavy atom. The molecule has 0 aliphatic carbocycles. The van der Waals surface area contributed by atoms with Crippen LogP contribution in [0.25, 0.3) is 0 Å². The van der Waals surface area contributed by atoms with Crippen LogP contribution in [0.5, 0.6) is 0 Å². The largest absolute Gasteiger partial charge is 0.481 e. The summed E-state index contributed by atoms with van der Waals surface area (Å²) in [5, 5.41) is 8.88. The Morgan fingerprint density at radius 1 is 1.37 bits per heavy atom. The number of hydrogen-bond donors (Lipinski definition) is 1. The minimum Gasteiger partial charge on any atom is -0.481 e. The number of amides is 1. The SMILES string of the molecule is O=C(O)C1CCN(C(=O)Cn2cccnc2=O)CC1. The molecular weight excluding hydrogens is 250 g/mol. The third kappa shape index (κ3) is 3.18. The fraction of sp³-hybridized carbons (Fsp3) is 0.500. The number of carbonyl (C=O) groups is 2. The zero-order valence-corrected chi connectivity index (χ0v) is 10.4. The molecule has 0 radical (unpaired) electrons. The first-order valence-corrected chi connectivity index (χ1v) is 6.10. The number of likely N-dealkylation sites (tertiary alicyclic amines) is 1. The number of piperidine rings is 1. The highest BCUT2D eigenvalue weighted by molar-refractivity contribution is 5.76. The lowest BCUT2D eigenvalue weighted by Gasteiger charge is -2.30. The molecule has 1 amide bonds. The van der Waals surface area contributed by atoms with Crippen LogP contribution in [0.4, 0.5) is 0 Å². The number of aromatic nitrogens is 2. The van der Waals surface area contributed by atoms with Crippen LogP contribution < -0.4 is 5.69 Å². The third-order valence-corrected chi connectivity index (χ3v) is 3.29. The van der Waals surface area contributed by atoms with Gasteiger partial charge in [-0.2, -0.15) is 0 Å². The minimum absolute atomic E-state index is 0.0512. The molecule has 1 saturated heterocycles. The summed E-state index contributed by atoms with van der Waals surface area (Å²) in [5.41, 5.74) is -0.462. The molecule has 1 aromatic rings. The average Bonchev–Trinajstić information content (AvgIpc) is 2.41. The zero-order valence-electron chi connectivity index (χ0n) is 10.4. The van der Waals surface area contributed by atoms with Gasteiger partial charge >= 0.3 is 11.7 Å². The van der Waals surface area contributed by atoms with Gasteiger partial charge in [0.05, 0.1) is 5.92 Å². The summed E-state index contributed by atoms with van der Waals surface area (Å²) in [7, 11) is 0. The fourth-order valence-electron chi connectivity index (χ4n) is 2.13.